The first-order valence-corrected chi connectivity index (χ1v) is 7.37. The summed E-state index contributed by atoms with van der Waals surface area (Å²) < 4.78 is 11.4. The van der Waals surface area contributed by atoms with E-state index in [1.165, 1.54) is 6.26 Å². The number of aromatic nitrogens is 1. The second kappa shape index (κ2) is 5.79. The van der Waals surface area contributed by atoms with E-state index in [-0.39, 0.29) is 10.7 Å². The monoisotopic (exact) mass is 278 g/mol. The van der Waals surface area contributed by atoms with E-state index >= 15 is 0 Å². The molecule has 0 radical (unpaired) electrons. The van der Waals surface area contributed by atoms with Crippen LogP contribution >= 0.6 is 0 Å². The highest BCUT2D eigenvalue weighted by molar-refractivity contribution is 7.84. The molecule has 0 saturated carbocycles. The minimum absolute atomic E-state index is 0.0447. The molecule has 2 aromatic rings. The molecule has 0 spiro atoms. The maximum atomic E-state index is 11.4. The van der Waals surface area contributed by atoms with Crippen molar-refractivity contribution in [3.8, 4) is 0 Å². The molecule has 0 aliphatic heterocycles. The van der Waals surface area contributed by atoms with Gasteiger partial charge in [0.25, 0.3) is 0 Å². The van der Waals surface area contributed by atoms with Crippen LogP contribution in [0.4, 0.5) is 5.69 Å². The standard InChI is InChI=1S/C13H14N2O3S/c1-19(18)13-12(15(16)17)11(9-14-13)8-7-10-5-3-2-4-6-10/h2-6,9,14H,7-8H2,1H3. The van der Waals surface area contributed by atoms with E-state index in [9.17, 15) is 14.3 Å². The second-order valence-electron chi connectivity index (χ2n) is 4.19. The number of nitrogens with zero attached hydrogens (tertiary/aromatic N) is 1. The number of aryl methyl sites for hydroxylation is 2. The summed E-state index contributed by atoms with van der Waals surface area (Å²) in [7, 11) is -1.39. The molecule has 1 atom stereocenters. The molecule has 1 unspecified atom stereocenters. The molecule has 0 aliphatic carbocycles. The molecule has 5 nitrogen and oxygen atoms in total. The van der Waals surface area contributed by atoms with Gasteiger partial charge in [-0.2, -0.15) is 0 Å². The number of benzene rings is 1. The summed E-state index contributed by atoms with van der Waals surface area (Å²) >= 11 is 0. The maximum absolute atomic E-state index is 11.4. The molecule has 1 heterocycles. The van der Waals surface area contributed by atoms with E-state index in [0.717, 1.165) is 12.0 Å². The molecule has 0 saturated heterocycles. The number of nitro groups is 1. The third-order valence-electron chi connectivity index (χ3n) is 2.89. The molecular formula is C13H14N2O3S. The summed E-state index contributed by atoms with van der Waals surface area (Å²) in [6.07, 6.45) is 4.28. The van der Waals surface area contributed by atoms with Crippen LogP contribution in [0.1, 0.15) is 11.1 Å². The van der Waals surface area contributed by atoms with Crippen LogP contribution in [-0.4, -0.2) is 20.4 Å². The van der Waals surface area contributed by atoms with Crippen LogP contribution in [0.15, 0.2) is 41.6 Å². The van der Waals surface area contributed by atoms with Crippen molar-refractivity contribution >= 4 is 16.5 Å². The third kappa shape index (κ3) is 3.08. The molecule has 0 bridgehead atoms. The predicted molar refractivity (Wildman–Crippen MR) is 73.6 cm³/mol. The highest BCUT2D eigenvalue weighted by atomic mass is 32.2. The van der Waals surface area contributed by atoms with Crippen LogP contribution < -0.4 is 0 Å². The Labute approximate surface area is 113 Å². The molecule has 0 aliphatic rings. The van der Waals surface area contributed by atoms with Crippen LogP contribution in [0.5, 0.6) is 0 Å². The highest BCUT2D eigenvalue weighted by Crippen LogP contribution is 2.26. The Balaban J connectivity index is 2.21. The van der Waals surface area contributed by atoms with Gasteiger partial charge in [-0.05, 0) is 18.4 Å². The molecule has 0 amide bonds. The molecule has 19 heavy (non-hydrogen) atoms. The van der Waals surface area contributed by atoms with Gasteiger partial charge in [-0.3, -0.25) is 14.3 Å². The van der Waals surface area contributed by atoms with Crippen molar-refractivity contribution in [1.82, 2.24) is 4.98 Å². The van der Waals surface area contributed by atoms with E-state index in [1.807, 2.05) is 30.3 Å². The molecule has 0 fully saturated rings. The quantitative estimate of drug-likeness (QED) is 0.674. The molecule has 1 aromatic heterocycles. The Hall–Kier alpha value is -1.95. The normalized spacial score (nSPS) is 12.3. The van der Waals surface area contributed by atoms with Crippen molar-refractivity contribution in [3.63, 3.8) is 0 Å². The Bertz CT molecular complexity index is 608. The lowest BCUT2D eigenvalue weighted by Crippen LogP contribution is -1.98. The number of H-pyrrole nitrogens is 1. The lowest BCUT2D eigenvalue weighted by Gasteiger charge is -2.00. The molecular weight excluding hydrogens is 264 g/mol. The largest absolute Gasteiger partial charge is 0.348 e. The van der Waals surface area contributed by atoms with Gasteiger partial charge in [-0.25, -0.2) is 0 Å². The van der Waals surface area contributed by atoms with Crippen molar-refractivity contribution in [3.05, 3.63) is 57.8 Å². The second-order valence-corrected chi connectivity index (χ2v) is 5.50. The average Bonchev–Trinajstić information content (AvgIpc) is 2.81. The Morgan fingerprint density at radius 2 is 1.95 bits per heavy atom. The minimum atomic E-state index is -1.39. The summed E-state index contributed by atoms with van der Waals surface area (Å²) in [5.74, 6) is 0. The lowest BCUT2D eigenvalue weighted by molar-refractivity contribution is -0.388. The van der Waals surface area contributed by atoms with Crippen LogP contribution in [0.25, 0.3) is 0 Å². The van der Waals surface area contributed by atoms with E-state index in [4.69, 9.17) is 0 Å². The first-order valence-electron chi connectivity index (χ1n) is 5.81. The summed E-state index contributed by atoms with van der Waals surface area (Å²) in [5.41, 5.74) is 1.67. The lowest BCUT2D eigenvalue weighted by atomic mass is 10.1. The van der Waals surface area contributed by atoms with Crippen molar-refractivity contribution < 1.29 is 9.13 Å². The van der Waals surface area contributed by atoms with E-state index in [0.29, 0.717) is 12.0 Å². The summed E-state index contributed by atoms with van der Waals surface area (Å²) in [6.45, 7) is 0. The number of aromatic amines is 1. The van der Waals surface area contributed by atoms with Crippen LogP contribution in [0, 0.1) is 10.1 Å². The third-order valence-corrected chi connectivity index (χ3v) is 3.78. The van der Waals surface area contributed by atoms with Gasteiger partial charge in [0, 0.05) is 18.0 Å². The fourth-order valence-electron chi connectivity index (χ4n) is 1.97. The van der Waals surface area contributed by atoms with Crippen LogP contribution in [0.3, 0.4) is 0 Å². The number of hydrogen-bond acceptors (Lipinski definition) is 3. The topological polar surface area (TPSA) is 76.0 Å². The van der Waals surface area contributed by atoms with Gasteiger partial charge in [-0.15, -0.1) is 0 Å². The zero-order valence-corrected chi connectivity index (χ0v) is 11.3. The van der Waals surface area contributed by atoms with Crippen molar-refractivity contribution in [2.45, 2.75) is 17.9 Å². The molecule has 1 N–H and O–H groups in total. The minimum Gasteiger partial charge on any atom is -0.348 e. The number of hydrogen-bond donors (Lipinski definition) is 1. The molecule has 1 aromatic carbocycles. The van der Waals surface area contributed by atoms with Gasteiger partial charge >= 0.3 is 5.69 Å². The van der Waals surface area contributed by atoms with Gasteiger partial charge in [0.05, 0.1) is 15.7 Å². The van der Waals surface area contributed by atoms with Crippen molar-refractivity contribution in [2.24, 2.45) is 0 Å². The number of nitrogens with one attached hydrogen (secondary N) is 1. The van der Waals surface area contributed by atoms with Gasteiger partial charge < -0.3 is 4.98 Å². The zero-order chi connectivity index (χ0) is 13.8. The molecule has 100 valence electrons. The first-order chi connectivity index (χ1) is 9.09. The predicted octanol–water partition coefficient (Wildman–Crippen LogP) is 2.45. The van der Waals surface area contributed by atoms with Gasteiger partial charge in [0.1, 0.15) is 0 Å². The van der Waals surface area contributed by atoms with Gasteiger partial charge in [-0.1, -0.05) is 30.3 Å². The zero-order valence-electron chi connectivity index (χ0n) is 10.5. The van der Waals surface area contributed by atoms with Crippen molar-refractivity contribution in [2.75, 3.05) is 6.26 Å². The van der Waals surface area contributed by atoms with Crippen LogP contribution in [0.2, 0.25) is 0 Å². The SMILES string of the molecule is CS(=O)c1[nH]cc(CCc2ccccc2)c1[N+](=O)[O-]. The van der Waals surface area contributed by atoms with E-state index in [1.54, 1.807) is 6.20 Å². The molecule has 2 rings (SSSR count). The summed E-state index contributed by atoms with van der Waals surface area (Å²) in [6, 6.07) is 9.77. The fourth-order valence-corrected chi connectivity index (χ4v) is 2.67. The Kier molecular flexibility index (Phi) is 4.11. The van der Waals surface area contributed by atoms with E-state index < -0.39 is 15.7 Å². The Morgan fingerprint density at radius 3 is 2.53 bits per heavy atom. The maximum Gasteiger partial charge on any atom is 0.306 e. The summed E-state index contributed by atoms with van der Waals surface area (Å²) in [4.78, 5) is 13.4. The average molecular weight is 278 g/mol. The highest BCUT2D eigenvalue weighted by Gasteiger charge is 2.24. The first kappa shape index (κ1) is 13.5. The summed E-state index contributed by atoms with van der Waals surface area (Å²) in [5, 5.41) is 11.3. The smallest absolute Gasteiger partial charge is 0.306 e. The fraction of sp³-hybridized carbons (Fsp3) is 0.231. The van der Waals surface area contributed by atoms with Crippen LogP contribution in [-0.2, 0) is 23.6 Å². The van der Waals surface area contributed by atoms with Gasteiger partial charge in [0.2, 0.25) is 0 Å². The Morgan fingerprint density at radius 1 is 1.26 bits per heavy atom. The van der Waals surface area contributed by atoms with E-state index in [2.05, 4.69) is 4.98 Å². The van der Waals surface area contributed by atoms with Gasteiger partial charge in [0.15, 0.2) is 5.03 Å². The number of rotatable bonds is 5. The van der Waals surface area contributed by atoms with Crippen molar-refractivity contribution in [1.29, 1.82) is 0 Å². The molecule has 6 heteroatoms.